The summed E-state index contributed by atoms with van der Waals surface area (Å²) >= 11 is 0. The second kappa shape index (κ2) is 15.6. The molecule has 0 unspecified atom stereocenters. The number of hydrogen-bond donors (Lipinski definition) is 2. The van der Waals surface area contributed by atoms with Gasteiger partial charge in [0.2, 0.25) is 5.78 Å². The molecule has 1 saturated carbocycles. The molecule has 2 N–H and O–H groups in total. The molecule has 4 rings (SSSR count). The molecular formula is C36H39FO9. The minimum Gasteiger partial charge on any atom is -0.487 e. The Labute approximate surface area is 267 Å². The molecule has 0 aliphatic heterocycles. The van der Waals surface area contributed by atoms with Gasteiger partial charge in [-0.2, -0.15) is 0 Å². The van der Waals surface area contributed by atoms with Crippen molar-refractivity contribution in [3.05, 3.63) is 72.1 Å². The van der Waals surface area contributed by atoms with Crippen LogP contribution in [0.1, 0.15) is 57.9 Å². The van der Waals surface area contributed by atoms with Crippen molar-refractivity contribution in [3.8, 4) is 45.3 Å². The molecule has 0 spiro atoms. The summed E-state index contributed by atoms with van der Waals surface area (Å²) in [5.74, 6) is -2.17. The summed E-state index contributed by atoms with van der Waals surface area (Å²) in [5, 5.41) is 18.9. The van der Waals surface area contributed by atoms with E-state index in [0.29, 0.717) is 22.6 Å². The van der Waals surface area contributed by atoms with Crippen LogP contribution in [0.25, 0.3) is 22.3 Å². The second-order valence-electron chi connectivity index (χ2n) is 11.5. The van der Waals surface area contributed by atoms with Gasteiger partial charge in [-0.3, -0.25) is 4.79 Å². The van der Waals surface area contributed by atoms with Crippen LogP contribution in [0, 0.1) is 11.7 Å². The van der Waals surface area contributed by atoms with Gasteiger partial charge in [-0.05, 0) is 78.6 Å². The molecule has 46 heavy (non-hydrogen) atoms. The van der Waals surface area contributed by atoms with Gasteiger partial charge in [0.1, 0.15) is 19.0 Å². The molecule has 0 amide bonds. The van der Waals surface area contributed by atoms with Gasteiger partial charge in [0.05, 0.1) is 13.2 Å². The predicted molar refractivity (Wildman–Crippen MR) is 170 cm³/mol. The largest absolute Gasteiger partial charge is 0.487 e. The van der Waals surface area contributed by atoms with Crippen molar-refractivity contribution in [3.63, 3.8) is 0 Å². The van der Waals surface area contributed by atoms with Crippen molar-refractivity contribution in [1.82, 2.24) is 0 Å². The van der Waals surface area contributed by atoms with Gasteiger partial charge < -0.3 is 29.2 Å². The summed E-state index contributed by atoms with van der Waals surface area (Å²) in [6.07, 6.45) is 4.20. The van der Waals surface area contributed by atoms with Crippen molar-refractivity contribution >= 4 is 17.7 Å². The van der Waals surface area contributed by atoms with Crippen molar-refractivity contribution in [2.75, 3.05) is 26.4 Å². The third-order valence-electron chi connectivity index (χ3n) is 7.83. The van der Waals surface area contributed by atoms with Crippen LogP contribution in [0.2, 0.25) is 0 Å². The highest BCUT2D eigenvalue weighted by atomic mass is 19.1. The molecule has 9 nitrogen and oxygen atoms in total. The van der Waals surface area contributed by atoms with E-state index in [1.54, 1.807) is 24.3 Å². The van der Waals surface area contributed by atoms with Gasteiger partial charge in [-0.1, -0.05) is 44.5 Å². The van der Waals surface area contributed by atoms with Gasteiger partial charge in [0.25, 0.3) is 0 Å². The van der Waals surface area contributed by atoms with Crippen LogP contribution in [0.15, 0.2) is 60.7 Å². The van der Waals surface area contributed by atoms with E-state index in [4.69, 9.17) is 18.9 Å². The molecule has 0 atom stereocenters. The number of ether oxygens (including phenoxy) is 4. The first kappa shape index (κ1) is 34.3. The highest BCUT2D eigenvalue weighted by Crippen LogP contribution is 2.45. The van der Waals surface area contributed by atoms with Gasteiger partial charge in [0, 0.05) is 23.6 Å². The Balaban J connectivity index is 1.88. The first-order valence-electron chi connectivity index (χ1n) is 15.2. The SMILES string of the molecule is C=C(C)C(=O)Oc1cc(-c2ccc(C3CCC(C)CC3)cc2F)cc(-c2ccc(OC(=O)C(C)=O)c(OCCO)c2)c1OCCO. The fourth-order valence-electron chi connectivity index (χ4n) is 5.34. The molecule has 244 valence electrons. The number of Topliss-reactive ketones (excluding diaryl/α,β-unsaturated/α-hetero) is 1. The number of esters is 2. The molecule has 0 bridgehead atoms. The van der Waals surface area contributed by atoms with E-state index < -0.39 is 23.5 Å². The zero-order valence-electron chi connectivity index (χ0n) is 26.3. The summed E-state index contributed by atoms with van der Waals surface area (Å²) in [6.45, 7) is 7.42. The van der Waals surface area contributed by atoms with E-state index in [2.05, 4.69) is 13.5 Å². The third-order valence-corrected chi connectivity index (χ3v) is 7.83. The zero-order valence-corrected chi connectivity index (χ0v) is 26.3. The Hall–Kier alpha value is -4.54. The number of halogens is 1. The number of carbonyl (C=O) groups excluding carboxylic acids is 3. The Kier molecular flexibility index (Phi) is 11.7. The summed E-state index contributed by atoms with van der Waals surface area (Å²) < 4.78 is 38.2. The van der Waals surface area contributed by atoms with E-state index in [-0.39, 0.29) is 66.5 Å². The maximum absolute atomic E-state index is 15.9. The Morgan fingerprint density at radius 1 is 0.783 bits per heavy atom. The van der Waals surface area contributed by atoms with E-state index in [0.717, 1.165) is 38.2 Å². The fourth-order valence-corrected chi connectivity index (χ4v) is 5.34. The zero-order chi connectivity index (χ0) is 33.4. The predicted octanol–water partition coefficient (Wildman–Crippen LogP) is 6.17. The van der Waals surface area contributed by atoms with Crippen molar-refractivity contribution in [2.45, 2.75) is 52.4 Å². The lowest BCUT2D eigenvalue weighted by molar-refractivity contribution is -0.146. The number of ketones is 1. The molecular weight excluding hydrogens is 595 g/mol. The number of carbonyl (C=O) groups is 3. The van der Waals surface area contributed by atoms with Crippen molar-refractivity contribution in [2.24, 2.45) is 5.92 Å². The van der Waals surface area contributed by atoms with Gasteiger partial charge >= 0.3 is 11.9 Å². The van der Waals surface area contributed by atoms with Crippen molar-refractivity contribution < 1.29 is 47.9 Å². The average Bonchev–Trinajstić information content (AvgIpc) is 3.03. The van der Waals surface area contributed by atoms with E-state index in [1.165, 1.54) is 25.1 Å². The van der Waals surface area contributed by atoms with E-state index in [1.807, 2.05) is 6.07 Å². The number of aliphatic hydroxyl groups excluding tert-OH is 2. The van der Waals surface area contributed by atoms with Crippen LogP contribution < -0.4 is 18.9 Å². The molecule has 1 aliphatic rings. The summed E-state index contributed by atoms with van der Waals surface area (Å²) in [7, 11) is 0. The monoisotopic (exact) mass is 634 g/mol. The van der Waals surface area contributed by atoms with Crippen LogP contribution in [0.5, 0.6) is 23.0 Å². The Morgan fingerprint density at radius 3 is 2.07 bits per heavy atom. The molecule has 1 aliphatic carbocycles. The van der Waals surface area contributed by atoms with Gasteiger partial charge in [0.15, 0.2) is 23.0 Å². The van der Waals surface area contributed by atoms with Crippen LogP contribution in [-0.2, 0) is 14.4 Å². The molecule has 3 aromatic carbocycles. The number of aliphatic hydroxyl groups is 2. The lowest BCUT2D eigenvalue weighted by Gasteiger charge is -2.26. The minimum atomic E-state index is -1.11. The Morgan fingerprint density at radius 2 is 1.43 bits per heavy atom. The highest BCUT2D eigenvalue weighted by molar-refractivity contribution is 6.33. The fraction of sp³-hybridized carbons (Fsp3) is 0.361. The lowest BCUT2D eigenvalue weighted by Crippen LogP contribution is -2.17. The van der Waals surface area contributed by atoms with Crippen LogP contribution >= 0.6 is 0 Å². The van der Waals surface area contributed by atoms with Crippen LogP contribution in [0.3, 0.4) is 0 Å². The first-order valence-corrected chi connectivity index (χ1v) is 15.2. The molecule has 0 heterocycles. The summed E-state index contributed by atoms with van der Waals surface area (Å²) in [5.41, 5.74) is 2.44. The highest BCUT2D eigenvalue weighted by Gasteiger charge is 2.24. The molecule has 3 aromatic rings. The normalized spacial score (nSPS) is 16.0. The first-order chi connectivity index (χ1) is 22.0. The van der Waals surface area contributed by atoms with Crippen LogP contribution in [0.4, 0.5) is 4.39 Å². The van der Waals surface area contributed by atoms with Gasteiger partial charge in [-0.25, -0.2) is 14.0 Å². The molecule has 0 aromatic heterocycles. The topological polar surface area (TPSA) is 129 Å². The third kappa shape index (κ3) is 8.38. The molecule has 10 heteroatoms. The maximum Gasteiger partial charge on any atom is 0.379 e. The second-order valence-corrected chi connectivity index (χ2v) is 11.5. The van der Waals surface area contributed by atoms with E-state index >= 15 is 4.39 Å². The summed E-state index contributed by atoms with van der Waals surface area (Å²) in [6, 6.07) is 12.8. The maximum atomic E-state index is 15.9. The van der Waals surface area contributed by atoms with Crippen molar-refractivity contribution in [1.29, 1.82) is 0 Å². The number of rotatable bonds is 13. The smallest absolute Gasteiger partial charge is 0.379 e. The minimum absolute atomic E-state index is 0.0254. The summed E-state index contributed by atoms with van der Waals surface area (Å²) in [4.78, 5) is 36.3. The van der Waals surface area contributed by atoms with E-state index in [9.17, 15) is 24.6 Å². The standard InChI is InChI=1S/C36H39FO9/c1-21(2)35(41)46-33-20-27(28-11-9-25(18-30(28)37)24-7-5-22(3)6-8-24)17-29(34(33)44-16-14-39)26-10-12-31(45-36(42)23(4)40)32(19-26)43-15-13-38/h9-12,17-20,22,24,38-39H,1,5-8,13-16H2,2-4H3. The average molecular weight is 635 g/mol. The number of hydrogen-bond acceptors (Lipinski definition) is 9. The van der Waals surface area contributed by atoms with Crippen LogP contribution in [-0.4, -0.2) is 54.4 Å². The molecule has 0 saturated heterocycles. The van der Waals surface area contributed by atoms with Gasteiger partial charge in [-0.15, -0.1) is 0 Å². The Bertz CT molecular complexity index is 1610. The lowest BCUT2D eigenvalue weighted by atomic mass is 9.79. The quantitative estimate of drug-likeness (QED) is 0.0982. The molecule has 0 radical (unpaired) electrons. The molecule has 1 fully saturated rings. The number of benzene rings is 3.